The van der Waals surface area contributed by atoms with Gasteiger partial charge < -0.3 is 33.9 Å². The van der Waals surface area contributed by atoms with Gasteiger partial charge in [-0.15, -0.1) is 0 Å². The Morgan fingerprint density at radius 1 is 1.10 bits per heavy atom. The maximum absolute atomic E-state index is 13.7. The Balaban J connectivity index is 1.39. The molecule has 4 rings (SSSR count). The predicted octanol–water partition coefficient (Wildman–Crippen LogP) is 4.19. The molecule has 2 aliphatic rings. The fraction of sp³-hybridized carbons (Fsp3) is 0.633. The lowest BCUT2D eigenvalue weighted by molar-refractivity contribution is 0.0625. The minimum absolute atomic E-state index is 0.0104. The number of ether oxygens (including phenoxy) is 3. The first-order chi connectivity index (χ1) is 19.3. The van der Waals surface area contributed by atoms with Crippen molar-refractivity contribution in [2.75, 3.05) is 46.5 Å². The largest absolute Gasteiger partial charge is 0.493 e. The summed E-state index contributed by atoms with van der Waals surface area (Å²) in [5.74, 6) is 1.84. The first kappa shape index (κ1) is 29.9. The normalized spacial score (nSPS) is 18.6. The molecule has 0 spiro atoms. The summed E-state index contributed by atoms with van der Waals surface area (Å²) in [5.41, 5.74) is 2.22. The highest BCUT2D eigenvalue weighted by molar-refractivity contribution is 5.95. The van der Waals surface area contributed by atoms with Crippen molar-refractivity contribution in [3.8, 4) is 5.75 Å². The van der Waals surface area contributed by atoms with E-state index in [1.807, 2.05) is 55.7 Å². The van der Waals surface area contributed by atoms with Gasteiger partial charge in [0.1, 0.15) is 23.8 Å². The van der Waals surface area contributed by atoms with Gasteiger partial charge in [-0.25, -0.2) is 4.79 Å². The molecule has 1 aliphatic carbocycles. The van der Waals surface area contributed by atoms with E-state index in [1.165, 1.54) is 0 Å². The summed E-state index contributed by atoms with van der Waals surface area (Å²) in [4.78, 5) is 30.6. The highest BCUT2D eigenvalue weighted by Gasteiger charge is 2.39. The van der Waals surface area contributed by atoms with Crippen molar-refractivity contribution < 1.29 is 28.3 Å². The van der Waals surface area contributed by atoms with Gasteiger partial charge in [0.15, 0.2) is 0 Å². The van der Waals surface area contributed by atoms with Crippen molar-refractivity contribution in [1.29, 1.82) is 0 Å². The van der Waals surface area contributed by atoms with E-state index in [4.69, 9.17) is 18.7 Å². The van der Waals surface area contributed by atoms with Gasteiger partial charge in [0.25, 0.3) is 5.91 Å². The molecule has 1 aliphatic heterocycles. The lowest BCUT2D eigenvalue weighted by Crippen LogP contribution is -2.45. The third-order valence-corrected chi connectivity index (χ3v) is 7.65. The highest BCUT2D eigenvalue weighted by Crippen LogP contribution is 2.31. The van der Waals surface area contributed by atoms with Crippen molar-refractivity contribution in [1.82, 2.24) is 20.3 Å². The SMILES string of the molecule is COCCCOc1cc(C(=O)N(CC2CNCC2CN(C(=O)OCc2cc(C)on2)C2CC2)C(C)C)ccc1C. The van der Waals surface area contributed by atoms with E-state index in [-0.39, 0.29) is 42.5 Å². The molecule has 220 valence electrons. The molecule has 2 heterocycles. The van der Waals surface area contributed by atoms with E-state index in [0.29, 0.717) is 43.3 Å². The third kappa shape index (κ3) is 7.97. The van der Waals surface area contributed by atoms with Gasteiger partial charge in [0, 0.05) is 70.0 Å². The van der Waals surface area contributed by atoms with Crippen molar-refractivity contribution in [3.63, 3.8) is 0 Å². The second kappa shape index (κ2) is 14.0. The number of aryl methyl sites for hydroxylation is 2. The van der Waals surface area contributed by atoms with Crippen LogP contribution in [0.25, 0.3) is 0 Å². The summed E-state index contributed by atoms with van der Waals surface area (Å²) in [7, 11) is 1.67. The van der Waals surface area contributed by atoms with Gasteiger partial charge in [-0.2, -0.15) is 0 Å². The van der Waals surface area contributed by atoms with E-state index in [0.717, 1.165) is 43.7 Å². The van der Waals surface area contributed by atoms with Gasteiger partial charge in [-0.3, -0.25) is 4.79 Å². The van der Waals surface area contributed by atoms with Crippen molar-refractivity contribution in [3.05, 3.63) is 46.8 Å². The van der Waals surface area contributed by atoms with E-state index < -0.39 is 0 Å². The molecule has 1 N–H and O–H groups in total. The zero-order valence-electron chi connectivity index (χ0n) is 24.5. The maximum Gasteiger partial charge on any atom is 0.410 e. The summed E-state index contributed by atoms with van der Waals surface area (Å²) in [5, 5.41) is 7.40. The van der Waals surface area contributed by atoms with Crippen LogP contribution in [0, 0.1) is 25.7 Å². The molecule has 1 saturated heterocycles. The highest BCUT2D eigenvalue weighted by atomic mass is 16.6. The van der Waals surface area contributed by atoms with Gasteiger partial charge in [0.2, 0.25) is 0 Å². The topological polar surface area (TPSA) is 106 Å². The zero-order chi connectivity index (χ0) is 28.6. The minimum atomic E-state index is -0.316. The fourth-order valence-corrected chi connectivity index (χ4v) is 5.15. The van der Waals surface area contributed by atoms with Crippen LogP contribution >= 0.6 is 0 Å². The molecule has 2 atom stereocenters. The van der Waals surface area contributed by atoms with Crippen molar-refractivity contribution in [2.24, 2.45) is 11.8 Å². The van der Waals surface area contributed by atoms with Crippen LogP contribution in [-0.2, 0) is 16.1 Å². The molecular formula is C30H44N4O6. The van der Waals surface area contributed by atoms with E-state index >= 15 is 0 Å². The van der Waals surface area contributed by atoms with Gasteiger partial charge in [0.05, 0.1) is 6.61 Å². The van der Waals surface area contributed by atoms with Crippen LogP contribution in [0.4, 0.5) is 4.79 Å². The number of hydrogen-bond acceptors (Lipinski definition) is 8. The van der Waals surface area contributed by atoms with Crippen LogP contribution in [0.1, 0.15) is 60.5 Å². The molecule has 2 aromatic rings. The Kier molecular flexibility index (Phi) is 10.4. The summed E-state index contributed by atoms with van der Waals surface area (Å²) < 4.78 is 21.7. The Morgan fingerprint density at radius 3 is 2.50 bits per heavy atom. The Hall–Kier alpha value is -3.11. The monoisotopic (exact) mass is 556 g/mol. The van der Waals surface area contributed by atoms with Crippen LogP contribution < -0.4 is 10.1 Å². The molecule has 0 radical (unpaired) electrons. The standard InChI is InChI=1S/C30H44N4O6/c1-20(2)33(29(35)23-8-7-21(3)28(14-23)38-12-6-11-37-5)17-24-15-31-16-25(24)18-34(27-9-10-27)30(36)39-19-26-13-22(4)40-32-26/h7-8,13-14,20,24-25,27,31H,6,9-12,15-19H2,1-5H3. The number of nitrogens with zero attached hydrogens (tertiary/aromatic N) is 3. The molecular weight excluding hydrogens is 512 g/mol. The van der Waals surface area contributed by atoms with E-state index in [2.05, 4.69) is 10.5 Å². The number of amides is 2. The second-order valence-corrected chi connectivity index (χ2v) is 11.3. The summed E-state index contributed by atoms with van der Waals surface area (Å²) in [6, 6.07) is 7.68. The average molecular weight is 557 g/mol. The van der Waals surface area contributed by atoms with Gasteiger partial charge in [-0.1, -0.05) is 11.2 Å². The first-order valence-electron chi connectivity index (χ1n) is 14.4. The zero-order valence-corrected chi connectivity index (χ0v) is 24.5. The molecule has 1 saturated carbocycles. The molecule has 1 aromatic carbocycles. The summed E-state index contributed by atoms with van der Waals surface area (Å²) in [6.45, 7) is 12.0. The number of nitrogens with one attached hydrogen (secondary N) is 1. The second-order valence-electron chi connectivity index (χ2n) is 11.3. The molecule has 2 amide bonds. The van der Waals surface area contributed by atoms with Crippen LogP contribution in [0.15, 0.2) is 28.8 Å². The predicted molar refractivity (Wildman–Crippen MR) is 150 cm³/mol. The molecule has 1 aromatic heterocycles. The summed E-state index contributed by atoms with van der Waals surface area (Å²) >= 11 is 0. The number of hydrogen-bond donors (Lipinski definition) is 1. The third-order valence-electron chi connectivity index (χ3n) is 7.65. The van der Waals surface area contributed by atoms with Crippen LogP contribution in [0.3, 0.4) is 0 Å². The molecule has 10 heteroatoms. The molecule has 0 bridgehead atoms. The first-order valence-corrected chi connectivity index (χ1v) is 14.4. The number of benzene rings is 1. The van der Waals surface area contributed by atoms with Crippen molar-refractivity contribution >= 4 is 12.0 Å². The molecule has 10 nitrogen and oxygen atoms in total. The lowest BCUT2D eigenvalue weighted by Gasteiger charge is -2.33. The molecule has 40 heavy (non-hydrogen) atoms. The number of aromatic nitrogens is 1. The fourth-order valence-electron chi connectivity index (χ4n) is 5.15. The number of methoxy groups -OCH3 is 1. The van der Waals surface area contributed by atoms with Gasteiger partial charge in [-0.05, 0) is 70.1 Å². The Labute approximate surface area is 237 Å². The van der Waals surface area contributed by atoms with Crippen LogP contribution in [0.5, 0.6) is 5.75 Å². The lowest BCUT2D eigenvalue weighted by atomic mass is 9.94. The Bertz CT molecular complexity index is 1130. The Morgan fingerprint density at radius 2 is 1.85 bits per heavy atom. The average Bonchev–Trinajstić information content (AvgIpc) is 3.54. The smallest absolute Gasteiger partial charge is 0.410 e. The van der Waals surface area contributed by atoms with E-state index in [9.17, 15) is 9.59 Å². The minimum Gasteiger partial charge on any atom is -0.493 e. The van der Waals surface area contributed by atoms with E-state index in [1.54, 1.807) is 13.2 Å². The van der Waals surface area contributed by atoms with Gasteiger partial charge >= 0.3 is 6.09 Å². The maximum atomic E-state index is 13.7. The number of carbonyl (C=O) groups excluding carboxylic acids is 2. The number of rotatable bonds is 14. The number of carbonyl (C=O) groups is 2. The quantitative estimate of drug-likeness (QED) is 0.345. The summed E-state index contributed by atoms with van der Waals surface area (Å²) in [6.07, 6.45) is 2.45. The van der Waals surface area contributed by atoms with Crippen LogP contribution in [0.2, 0.25) is 0 Å². The molecule has 2 unspecified atom stereocenters. The molecule has 2 fully saturated rings. The van der Waals surface area contributed by atoms with Crippen LogP contribution in [-0.4, -0.2) is 85.5 Å². The van der Waals surface area contributed by atoms with Crippen molar-refractivity contribution in [2.45, 2.75) is 65.6 Å².